The Labute approximate surface area is 367 Å². The van der Waals surface area contributed by atoms with Crippen LogP contribution in [0.2, 0.25) is 0 Å². The third-order valence-corrected chi connectivity index (χ3v) is 13.1. The molecule has 63 heavy (non-hydrogen) atoms. The van der Waals surface area contributed by atoms with Gasteiger partial charge in [0.25, 0.3) is 0 Å². The Bertz CT molecular complexity index is 3510. The summed E-state index contributed by atoms with van der Waals surface area (Å²) in [6.45, 7) is 4.67. The highest BCUT2D eigenvalue weighted by molar-refractivity contribution is 6.15. The Morgan fingerprint density at radius 2 is 1.02 bits per heavy atom. The van der Waals surface area contributed by atoms with Gasteiger partial charge in [0.05, 0.1) is 11.2 Å². The Kier molecular flexibility index (Phi) is 8.55. The SMILES string of the molecule is CC1(C)c2ccccc2-c2cc(-c3cc(-c4ccc(-c5nc6ccccc6c6ccccc56)c5ccccc45)cc(C4N=C(c5ccccc5)N=C(c5ccccc5)N4)c3)ccc21. The first-order valence-corrected chi connectivity index (χ1v) is 21.7. The fourth-order valence-electron chi connectivity index (χ4n) is 9.98. The maximum Gasteiger partial charge on any atom is 0.159 e. The molecule has 1 atom stereocenters. The number of benzene rings is 9. The minimum absolute atomic E-state index is 0.0783. The number of fused-ring (bicyclic) bond motifs is 7. The first-order chi connectivity index (χ1) is 31.0. The third kappa shape index (κ3) is 6.17. The van der Waals surface area contributed by atoms with Crippen LogP contribution < -0.4 is 5.32 Å². The third-order valence-electron chi connectivity index (χ3n) is 13.1. The van der Waals surface area contributed by atoms with Crippen molar-refractivity contribution in [2.24, 2.45) is 9.98 Å². The van der Waals surface area contributed by atoms with E-state index in [9.17, 15) is 0 Å². The van der Waals surface area contributed by atoms with E-state index in [1.165, 1.54) is 33.0 Å². The zero-order chi connectivity index (χ0) is 42.1. The molecule has 0 saturated carbocycles. The Morgan fingerprint density at radius 1 is 0.413 bits per heavy atom. The number of aromatic nitrogens is 1. The minimum Gasteiger partial charge on any atom is -0.344 e. The molecule has 2 heterocycles. The van der Waals surface area contributed by atoms with Gasteiger partial charge in [0.15, 0.2) is 5.84 Å². The van der Waals surface area contributed by atoms with Crippen molar-refractivity contribution >= 4 is 44.1 Å². The lowest BCUT2D eigenvalue weighted by Gasteiger charge is -2.25. The molecule has 1 unspecified atom stereocenters. The van der Waals surface area contributed by atoms with Gasteiger partial charge in [-0.25, -0.2) is 15.0 Å². The standard InChI is InChI=1S/C59H42N4/c1-59(2)52-27-15-13-24-47(52)51-36-39(29-32-53(51)59)40-33-41(35-42(34-40)58-62-56(37-17-5-3-6-18-37)61-57(63-58)38-19-7-4-8-20-38)43-30-31-50(45-22-10-9-21-44(43)45)55-49-26-12-11-23-46(49)48-25-14-16-28-54(48)60-55/h3-36,58H,1-2H3,(H,61,62,63). The summed E-state index contributed by atoms with van der Waals surface area (Å²) in [4.78, 5) is 15.8. The van der Waals surface area contributed by atoms with Crippen molar-refractivity contribution < 1.29 is 0 Å². The molecule has 1 N–H and O–H groups in total. The van der Waals surface area contributed by atoms with Gasteiger partial charge < -0.3 is 5.32 Å². The summed E-state index contributed by atoms with van der Waals surface area (Å²) in [5, 5.41) is 9.60. The normalized spacial score (nSPS) is 15.1. The molecular formula is C59H42N4. The quantitative estimate of drug-likeness (QED) is 0.170. The maximum absolute atomic E-state index is 5.35. The molecule has 0 saturated heterocycles. The number of hydrogen-bond donors (Lipinski definition) is 1. The van der Waals surface area contributed by atoms with Gasteiger partial charge in [-0.3, -0.25) is 0 Å². The van der Waals surface area contributed by atoms with Crippen LogP contribution >= 0.6 is 0 Å². The van der Waals surface area contributed by atoms with Crippen molar-refractivity contribution in [1.82, 2.24) is 10.3 Å². The molecule has 4 heteroatoms. The Hall–Kier alpha value is -7.95. The number of hydrogen-bond acceptors (Lipinski definition) is 4. The predicted molar refractivity (Wildman–Crippen MR) is 262 cm³/mol. The van der Waals surface area contributed by atoms with Crippen LogP contribution in [-0.4, -0.2) is 16.7 Å². The second kappa shape index (κ2) is 14.6. The zero-order valence-corrected chi connectivity index (χ0v) is 35.0. The lowest BCUT2D eigenvalue weighted by molar-refractivity contribution is 0.660. The monoisotopic (exact) mass is 806 g/mol. The van der Waals surface area contributed by atoms with E-state index in [4.69, 9.17) is 15.0 Å². The summed E-state index contributed by atoms with van der Waals surface area (Å²) in [7, 11) is 0. The van der Waals surface area contributed by atoms with E-state index in [-0.39, 0.29) is 5.41 Å². The van der Waals surface area contributed by atoms with Gasteiger partial charge in [0.1, 0.15) is 12.0 Å². The van der Waals surface area contributed by atoms with Gasteiger partial charge in [-0.2, -0.15) is 0 Å². The van der Waals surface area contributed by atoms with Crippen LogP contribution in [0.3, 0.4) is 0 Å². The summed E-state index contributed by atoms with van der Waals surface area (Å²) < 4.78 is 0. The maximum atomic E-state index is 5.35. The molecular weight excluding hydrogens is 765 g/mol. The second-order valence-corrected chi connectivity index (χ2v) is 17.2. The highest BCUT2D eigenvalue weighted by Gasteiger charge is 2.35. The molecule has 0 amide bonds. The van der Waals surface area contributed by atoms with Gasteiger partial charge in [-0.05, 0) is 96.6 Å². The first kappa shape index (κ1) is 36.9. The molecule has 10 aromatic rings. The van der Waals surface area contributed by atoms with Crippen molar-refractivity contribution in [2.75, 3.05) is 0 Å². The van der Waals surface area contributed by atoms with Crippen LogP contribution in [0.5, 0.6) is 0 Å². The summed E-state index contributed by atoms with van der Waals surface area (Å²) in [6, 6.07) is 74.0. The van der Waals surface area contributed by atoms with Crippen molar-refractivity contribution in [3.63, 3.8) is 0 Å². The van der Waals surface area contributed by atoms with Gasteiger partial charge in [0.2, 0.25) is 0 Å². The van der Waals surface area contributed by atoms with Crippen LogP contribution in [0.4, 0.5) is 0 Å². The van der Waals surface area contributed by atoms with Crippen LogP contribution in [-0.2, 0) is 5.41 Å². The molecule has 298 valence electrons. The smallest absolute Gasteiger partial charge is 0.159 e. The first-order valence-electron chi connectivity index (χ1n) is 21.7. The minimum atomic E-state index is -0.403. The highest BCUT2D eigenvalue weighted by atomic mass is 15.2. The number of rotatable bonds is 6. The van der Waals surface area contributed by atoms with Crippen molar-refractivity contribution in [3.05, 3.63) is 234 Å². The van der Waals surface area contributed by atoms with Crippen molar-refractivity contribution in [3.8, 4) is 44.6 Å². The van der Waals surface area contributed by atoms with Crippen molar-refractivity contribution in [1.29, 1.82) is 0 Å². The molecule has 1 aromatic heterocycles. The van der Waals surface area contributed by atoms with Crippen LogP contribution in [0.1, 0.15) is 47.8 Å². The second-order valence-electron chi connectivity index (χ2n) is 17.2. The van der Waals surface area contributed by atoms with E-state index in [0.717, 1.165) is 77.7 Å². The molecule has 0 radical (unpaired) electrons. The molecule has 0 fully saturated rings. The molecule has 0 bridgehead atoms. The summed E-state index contributed by atoms with van der Waals surface area (Å²) in [6.07, 6.45) is -0.403. The largest absolute Gasteiger partial charge is 0.344 e. The summed E-state index contributed by atoms with van der Waals surface area (Å²) >= 11 is 0. The van der Waals surface area contributed by atoms with E-state index in [2.05, 4.69) is 201 Å². The fourth-order valence-corrected chi connectivity index (χ4v) is 9.98. The van der Waals surface area contributed by atoms with Crippen LogP contribution in [0.15, 0.2) is 216 Å². The zero-order valence-electron chi connectivity index (χ0n) is 35.0. The van der Waals surface area contributed by atoms with Gasteiger partial charge in [0, 0.05) is 32.9 Å². The lowest BCUT2D eigenvalue weighted by atomic mass is 9.82. The van der Waals surface area contributed by atoms with E-state index >= 15 is 0 Å². The molecule has 0 spiro atoms. The fraction of sp³-hybridized carbons (Fsp3) is 0.0678. The molecule has 4 nitrogen and oxygen atoms in total. The number of nitrogens with one attached hydrogen (secondary N) is 1. The number of nitrogens with zero attached hydrogens (tertiary/aromatic N) is 3. The molecule has 2 aliphatic rings. The van der Waals surface area contributed by atoms with E-state index in [1.807, 2.05) is 24.3 Å². The highest BCUT2D eigenvalue weighted by Crippen LogP contribution is 2.50. The molecule has 1 aliphatic heterocycles. The number of para-hydroxylation sites is 1. The average Bonchev–Trinajstić information content (AvgIpc) is 3.58. The summed E-state index contributed by atoms with van der Waals surface area (Å²) in [5.74, 6) is 1.49. The topological polar surface area (TPSA) is 49.6 Å². The Balaban J connectivity index is 1.07. The molecule has 9 aromatic carbocycles. The summed E-state index contributed by atoms with van der Waals surface area (Å²) in [5.41, 5.74) is 15.9. The number of pyridine rings is 1. The van der Waals surface area contributed by atoms with Gasteiger partial charge >= 0.3 is 0 Å². The van der Waals surface area contributed by atoms with Crippen molar-refractivity contribution in [2.45, 2.75) is 25.4 Å². The van der Waals surface area contributed by atoms with E-state index < -0.39 is 6.17 Å². The van der Waals surface area contributed by atoms with Crippen LogP contribution in [0, 0.1) is 0 Å². The molecule has 12 rings (SSSR count). The average molecular weight is 807 g/mol. The van der Waals surface area contributed by atoms with E-state index in [0.29, 0.717) is 5.84 Å². The number of aliphatic imine (C=N–C) groups is 2. The molecule has 1 aliphatic carbocycles. The number of amidine groups is 2. The predicted octanol–water partition coefficient (Wildman–Crippen LogP) is 14.3. The Morgan fingerprint density at radius 3 is 1.81 bits per heavy atom. The van der Waals surface area contributed by atoms with E-state index in [1.54, 1.807) is 0 Å². The lowest BCUT2D eigenvalue weighted by Crippen LogP contribution is -2.33. The van der Waals surface area contributed by atoms with Gasteiger partial charge in [-0.1, -0.05) is 190 Å². The van der Waals surface area contributed by atoms with Gasteiger partial charge in [-0.15, -0.1) is 0 Å². The van der Waals surface area contributed by atoms with Crippen LogP contribution in [0.25, 0.3) is 77.1 Å².